The number of benzene rings is 1. The Morgan fingerprint density at radius 1 is 1.18 bits per heavy atom. The van der Waals surface area contributed by atoms with Gasteiger partial charge in [0.25, 0.3) is 0 Å². The van der Waals surface area contributed by atoms with E-state index < -0.39 is 12.0 Å². The van der Waals surface area contributed by atoms with Crippen molar-refractivity contribution in [3.05, 3.63) is 29.8 Å². The van der Waals surface area contributed by atoms with E-state index in [9.17, 15) is 14.4 Å². The van der Waals surface area contributed by atoms with Gasteiger partial charge >= 0.3 is 5.97 Å². The molecule has 7 heteroatoms. The van der Waals surface area contributed by atoms with Gasteiger partial charge in [0.05, 0.1) is 12.6 Å². The van der Waals surface area contributed by atoms with Crippen LogP contribution in [-0.4, -0.2) is 50.0 Å². The Labute approximate surface area is 166 Å². The second-order valence-electron chi connectivity index (χ2n) is 7.00. The van der Waals surface area contributed by atoms with E-state index in [1.165, 1.54) is 0 Å². The molecule has 154 valence electrons. The van der Waals surface area contributed by atoms with Crippen molar-refractivity contribution in [2.45, 2.75) is 45.6 Å². The third kappa shape index (κ3) is 7.31. The van der Waals surface area contributed by atoms with Gasteiger partial charge in [0, 0.05) is 12.0 Å². The maximum atomic E-state index is 12.5. The molecule has 0 aliphatic carbocycles. The van der Waals surface area contributed by atoms with Crippen LogP contribution in [-0.2, 0) is 14.3 Å². The van der Waals surface area contributed by atoms with E-state index in [1.54, 1.807) is 38.1 Å². The number of nitrogens with one attached hydrogen (secondary N) is 2. The van der Waals surface area contributed by atoms with E-state index in [0.29, 0.717) is 30.3 Å². The zero-order chi connectivity index (χ0) is 20.4. The van der Waals surface area contributed by atoms with Crippen LogP contribution < -0.4 is 15.4 Å². The molecule has 1 aromatic rings. The van der Waals surface area contributed by atoms with E-state index in [2.05, 4.69) is 10.6 Å². The number of ether oxygens (including phenoxy) is 2. The minimum Gasteiger partial charge on any atom is -0.482 e. The molecule has 2 rings (SSSR count). The Kier molecular flexibility index (Phi) is 8.94. The zero-order valence-corrected chi connectivity index (χ0v) is 16.7. The molecule has 1 amide bonds. The second-order valence-corrected chi connectivity index (χ2v) is 7.00. The van der Waals surface area contributed by atoms with Crippen LogP contribution in [0, 0.1) is 5.92 Å². The summed E-state index contributed by atoms with van der Waals surface area (Å²) in [5, 5.41) is 6.10. The normalized spacial score (nSPS) is 15.5. The van der Waals surface area contributed by atoms with Gasteiger partial charge in [-0.2, -0.15) is 0 Å². The van der Waals surface area contributed by atoms with Gasteiger partial charge in [0.1, 0.15) is 5.75 Å². The fourth-order valence-corrected chi connectivity index (χ4v) is 3.20. The van der Waals surface area contributed by atoms with Gasteiger partial charge < -0.3 is 20.1 Å². The van der Waals surface area contributed by atoms with Crippen LogP contribution >= 0.6 is 0 Å². The summed E-state index contributed by atoms with van der Waals surface area (Å²) in [6.07, 6.45) is 3.52. The highest BCUT2D eigenvalue weighted by molar-refractivity contribution is 6.01. The van der Waals surface area contributed by atoms with E-state index in [4.69, 9.17) is 9.47 Å². The fourth-order valence-electron chi connectivity index (χ4n) is 3.20. The summed E-state index contributed by atoms with van der Waals surface area (Å²) in [5.41, 5.74) is 0.481. The van der Waals surface area contributed by atoms with Crippen LogP contribution in [0.25, 0.3) is 0 Å². The van der Waals surface area contributed by atoms with Crippen LogP contribution in [0.1, 0.15) is 49.9 Å². The lowest BCUT2D eigenvalue weighted by atomic mass is 9.93. The van der Waals surface area contributed by atoms with Gasteiger partial charge in [0.15, 0.2) is 12.4 Å². The molecule has 0 saturated carbocycles. The number of rotatable bonds is 10. The largest absolute Gasteiger partial charge is 0.482 e. The minimum atomic E-state index is -0.591. The molecule has 0 radical (unpaired) electrons. The number of hydrogen-bond acceptors (Lipinski definition) is 6. The van der Waals surface area contributed by atoms with Crippen LogP contribution in [0.15, 0.2) is 24.3 Å². The Morgan fingerprint density at radius 2 is 1.86 bits per heavy atom. The Bertz CT molecular complexity index is 653. The average molecular weight is 390 g/mol. The molecule has 0 spiro atoms. The quantitative estimate of drug-likeness (QED) is 0.469. The number of carbonyl (C=O) groups is 3. The van der Waals surface area contributed by atoms with Crippen LogP contribution in [0.3, 0.4) is 0 Å². The van der Waals surface area contributed by atoms with Crippen molar-refractivity contribution >= 4 is 17.7 Å². The van der Waals surface area contributed by atoms with E-state index in [-0.39, 0.29) is 18.3 Å². The monoisotopic (exact) mass is 390 g/mol. The number of ketones is 1. The lowest BCUT2D eigenvalue weighted by Gasteiger charge is -2.22. The first-order valence-corrected chi connectivity index (χ1v) is 9.92. The molecule has 1 saturated heterocycles. The van der Waals surface area contributed by atoms with Crippen molar-refractivity contribution < 1.29 is 23.9 Å². The molecule has 0 bridgehead atoms. The third-order valence-corrected chi connectivity index (χ3v) is 4.81. The van der Waals surface area contributed by atoms with Gasteiger partial charge in [-0.1, -0.05) is 0 Å². The lowest BCUT2D eigenvalue weighted by molar-refractivity contribution is -0.145. The Morgan fingerprint density at radius 3 is 2.50 bits per heavy atom. The van der Waals surface area contributed by atoms with Gasteiger partial charge in [-0.05, 0) is 76.4 Å². The lowest BCUT2D eigenvalue weighted by Crippen LogP contribution is -2.38. The van der Waals surface area contributed by atoms with Crippen molar-refractivity contribution in [2.24, 2.45) is 5.92 Å². The van der Waals surface area contributed by atoms with Gasteiger partial charge in [-0.25, -0.2) is 4.79 Å². The molecule has 0 aromatic heterocycles. The molecular weight excluding hydrogens is 360 g/mol. The van der Waals surface area contributed by atoms with Crippen molar-refractivity contribution in [1.82, 2.24) is 10.6 Å². The smallest absolute Gasteiger partial charge is 0.344 e. The van der Waals surface area contributed by atoms with Gasteiger partial charge in [-0.15, -0.1) is 0 Å². The standard InChI is InChI=1S/C21H30N2O5/c1-3-27-20(25)14-28-18-7-5-17(6-8-18)21(26)15(2)23-19(24)9-4-16-10-12-22-13-11-16/h5-8,15-16,22H,3-4,9-14H2,1-2H3,(H,23,24)/t15-/m0/s1. The Hall–Kier alpha value is -2.41. The zero-order valence-electron chi connectivity index (χ0n) is 16.7. The molecule has 1 heterocycles. The van der Waals surface area contributed by atoms with E-state index in [1.807, 2.05) is 0 Å². The molecule has 2 N–H and O–H groups in total. The van der Waals surface area contributed by atoms with Crippen LogP contribution in [0.2, 0.25) is 0 Å². The van der Waals surface area contributed by atoms with Gasteiger partial charge in [-0.3, -0.25) is 9.59 Å². The highest BCUT2D eigenvalue weighted by atomic mass is 16.6. The molecular formula is C21H30N2O5. The molecule has 1 fully saturated rings. The summed E-state index contributed by atoms with van der Waals surface area (Å²) in [6.45, 7) is 5.57. The average Bonchev–Trinajstić information content (AvgIpc) is 2.71. The topological polar surface area (TPSA) is 93.7 Å². The molecule has 1 aliphatic rings. The summed E-state index contributed by atoms with van der Waals surface area (Å²) in [4.78, 5) is 35.9. The van der Waals surface area contributed by atoms with Crippen LogP contribution in [0.5, 0.6) is 5.75 Å². The summed E-state index contributed by atoms with van der Waals surface area (Å²) in [5.74, 6) is 0.368. The first-order chi connectivity index (χ1) is 13.5. The summed E-state index contributed by atoms with van der Waals surface area (Å²) in [7, 11) is 0. The first kappa shape index (κ1) is 21.9. The number of Topliss-reactive ketones (excluding diaryl/α,β-unsaturated/α-hetero) is 1. The Balaban J connectivity index is 1.76. The number of hydrogen-bond donors (Lipinski definition) is 2. The highest BCUT2D eigenvalue weighted by Gasteiger charge is 2.19. The van der Waals surface area contributed by atoms with Crippen molar-refractivity contribution in [3.63, 3.8) is 0 Å². The predicted molar refractivity (Wildman–Crippen MR) is 105 cm³/mol. The number of esters is 1. The van der Waals surface area contributed by atoms with Crippen molar-refractivity contribution in [3.8, 4) is 5.75 Å². The predicted octanol–water partition coefficient (Wildman–Crippen LogP) is 2.10. The minimum absolute atomic E-state index is 0.0891. The maximum Gasteiger partial charge on any atom is 0.344 e. The molecule has 1 aromatic carbocycles. The van der Waals surface area contributed by atoms with Crippen molar-refractivity contribution in [1.29, 1.82) is 0 Å². The number of piperidine rings is 1. The molecule has 1 atom stereocenters. The van der Waals surface area contributed by atoms with Gasteiger partial charge in [0.2, 0.25) is 5.91 Å². The number of amides is 1. The summed E-state index contributed by atoms with van der Waals surface area (Å²) >= 11 is 0. The first-order valence-electron chi connectivity index (χ1n) is 9.92. The maximum absolute atomic E-state index is 12.5. The summed E-state index contributed by atoms with van der Waals surface area (Å²) < 4.78 is 10.1. The molecule has 0 unspecified atom stereocenters. The third-order valence-electron chi connectivity index (χ3n) is 4.81. The molecule has 7 nitrogen and oxygen atoms in total. The molecule has 1 aliphatic heterocycles. The van der Waals surface area contributed by atoms with E-state index >= 15 is 0 Å². The highest BCUT2D eigenvalue weighted by Crippen LogP contribution is 2.18. The number of carbonyl (C=O) groups excluding carboxylic acids is 3. The van der Waals surface area contributed by atoms with Crippen LogP contribution in [0.4, 0.5) is 0 Å². The SMILES string of the molecule is CCOC(=O)COc1ccc(C(=O)[C@H](C)NC(=O)CCC2CCNCC2)cc1. The van der Waals surface area contributed by atoms with E-state index in [0.717, 1.165) is 32.4 Å². The fraction of sp³-hybridized carbons (Fsp3) is 0.571. The summed E-state index contributed by atoms with van der Waals surface area (Å²) in [6, 6.07) is 5.91. The molecule has 28 heavy (non-hydrogen) atoms. The second kappa shape index (κ2) is 11.4. The van der Waals surface area contributed by atoms with Crippen molar-refractivity contribution in [2.75, 3.05) is 26.3 Å².